The molecule has 0 atom stereocenters. The molecule has 0 amide bonds. The molecule has 0 aliphatic heterocycles. The fourth-order valence-electron chi connectivity index (χ4n) is 1.95. The van der Waals surface area contributed by atoms with E-state index >= 15 is 0 Å². The fraction of sp³-hybridized carbons (Fsp3) is 0. The molecule has 0 saturated heterocycles. The summed E-state index contributed by atoms with van der Waals surface area (Å²) in [6.07, 6.45) is 0. The van der Waals surface area contributed by atoms with Gasteiger partial charge >= 0.3 is 0 Å². The summed E-state index contributed by atoms with van der Waals surface area (Å²) in [6.45, 7) is 0. The van der Waals surface area contributed by atoms with Crippen LogP contribution in [0.2, 0.25) is 0 Å². The van der Waals surface area contributed by atoms with Crippen molar-refractivity contribution in [2.75, 3.05) is 10.0 Å². The van der Waals surface area contributed by atoms with Crippen LogP contribution in [0.1, 0.15) is 0 Å². The maximum atomic E-state index is 4.67. The van der Waals surface area contributed by atoms with Gasteiger partial charge in [-0.1, -0.05) is 54.6 Å². The highest BCUT2D eigenvalue weighted by Crippen LogP contribution is 2.19. The molecule has 2 N–H and O–H groups in total. The molecule has 4 heteroatoms. The Morgan fingerprint density at radius 1 is 0.652 bits per heavy atom. The highest BCUT2D eigenvalue weighted by molar-refractivity contribution is 8.15. The van der Waals surface area contributed by atoms with Gasteiger partial charge in [0.1, 0.15) is 0 Å². The van der Waals surface area contributed by atoms with E-state index in [0.717, 1.165) is 22.2 Å². The number of benzene rings is 3. The summed E-state index contributed by atoms with van der Waals surface area (Å²) in [6, 6.07) is 30.0. The van der Waals surface area contributed by atoms with Crippen LogP contribution in [0.15, 0.2) is 96.0 Å². The van der Waals surface area contributed by atoms with Crippen molar-refractivity contribution in [1.29, 1.82) is 0 Å². The molecule has 3 aromatic carbocycles. The first-order valence-corrected chi connectivity index (χ1v) is 8.15. The molecule has 0 unspecified atom stereocenters. The molecule has 3 aromatic rings. The topological polar surface area (TPSA) is 36.4 Å². The van der Waals surface area contributed by atoms with Gasteiger partial charge in [-0.3, -0.25) is 0 Å². The van der Waals surface area contributed by atoms with Gasteiger partial charge in [0.2, 0.25) is 0 Å². The number of rotatable bonds is 4. The minimum absolute atomic E-state index is 0.784. The summed E-state index contributed by atoms with van der Waals surface area (Å²) in [5.41, 5.74) is 2.95. The summed E-state index contributed by atoms with van der Waals surface area (Å²) < 4.78 is 3.31. The molecule has 0 saturated carbocycles. The van der Waals surface area contributed by atoms with Gasteiger partial charge in [0.05, 0.1) is 5.69 Å². The molecule has 3 nitrogen and oxygen atoms in total. The second kappa shape index (κ2) is 8.06. The highest BCUT2D eigenvalue weighted by atomic mass is 32.2. The first-order valence-electron chi connectivity index (χ1n) is 7.34. The monoisotopic (exact) mass is 319 g/mol. The minimum atomic E-state index is 0.784. The van der Waals surface area contributed by atoms with Crippen LogP contribution in [-0.4, -0.2) is 5.17 Å². The molecule has 0 fully saturated rings. The maximum Gasteiger partial charge on any atom is 0.187 e. The molecule has 0 aromatic heterocycles. The predicted octanol–water partition coefficient (Wildman–Crippen LogP) is 5.55. The van der Waals surface area contributed by atoms with Crippen LogP contribution >= 0.6 is 11.9 Å². The number of nitrogens with one attached hydrogen (secondary N) is 2. The minimum Gasteiger partial charge on any atom is -0.333 e. The average molecular weight is 319 g/mol. The standard InChI is InChI=1S/C19H17N3S/c1-4-10-16(11-5-1)20-19(21-17-12-6-2-7-13-17)23-22-18-14-8-3-9-15-18/h1-15,22H,(H,20,21). The zero-order chi connectivity index (χ0) is 15.7. The predicted molar refractivity (Wildman–Crippen MR) is 101 cm³/mol. The molecule has 23 heavy (non-hydrogen) atoms. The van der Waals surface area contributed by atoms with Crippen molar-refractivity contribution in [3.8, 4) is 0 Å². The Kier molecular flexibility index (Phi) is 5.32. The molecule has 0 aliphatic rings. The number of para-hydroxylation sites is 3. The normalized spacial score (nSPS) is 11.0. The van der Waals surface area contributed by atoms with Gasteiger partial charge in [-0.15, -0.1) is 0 Å². The van der Waals surface area contributed by atoms with Gasteiger partial charge in [-0.25, -0.2) is 4.99 Å². The van der Waals surface area contributed by atoms with Crippen molar-refractivity contribution in [3.63, 3.8) is 0 Å². The van der Waals surface area contributed by atoms with Gasteiger partial charge in [0.15, 0.2) is 5.17 Å². The first-order chi connectivity index (χ1) is 11.4. The quantitative estimate of drug-likeness (QED) is 0.376. The van der Waals surface area contributed by atoms with E-state index in [1.54, 1.807) is 0 Å². The van der Waals surface area contributed by atoms with E-state index in [1.807, 2.05) is 91.0 Å². The maximum absolute atomic E-state index is 4.67. The SMILES string of the molecule is c1ccc(N=C(Nc2ccccc2)SNc2ccccc2)cc1. The summed E-state index contributed by atoms with van der Waals surface area (Å²) in [5, 5.41) is 4.13. The largest absolute Gasteiger partial charge is 0.333 e. The lowest BCUT2D eigenvalue weighted by atomic mass is 10.3. The van der Waals surface area contributed by atoms with E-state index in [4.69, 9.17) is 0 Å². The van der Waals surface area contributed by atoms with Gasteiger partial charge in [-0.2, -0.15) is 0 Å². The third-order valence-corrected chi connectivity index (χ3v) is 3.78. The smallest absolute Gasteiger partial charge is 0.187 e. The van der Waals surface area contributed by atoms with Crippen molar-refractivity contribution in [2.24, 2.45) is 4.99 Å². The molecule has 114 valence electrons. The van der Waals surface area contributed by atoms with E-state index in [2.05, 4.69) is 15.0 Å². The highest BCUT2D eigenvalue weighted by Gasteiger charge is 2.03. The zero-order valence-electron chi connectivity index (χ0n) is 12.5. The molecular formula is C19H17N3S. The number of hydrogen-bond donors (Lipinski definition) is 2. The lowest BCUT2D eigenvalue weighted by Gasteiger charge is -2.11. The Bertz CT molecular complexity index is 743. The number of amidine groups is 1. The number of anilines is 2. The van der Waals surface area contributed by atoms with Crippen LogP contribution < -0.4 is 10.0 Å². The van der Waals surface area contributed by atoms with E-state index in [-0.39, 0.29) is 0 Å². The Balaban J connectivity index is 1.77. The number of nitrogens with zero attached hydrogens (tertiary/aromatic N) is 1. The van der Waals surface area contributed by atoms with Crippen molar-refractivity contribution in [1.82, 2.24) is 0 Å². The Hall–Kier alpha value is -2.72. The summed E-state index contributed by atoms with van der Waals surface area (Å²) in [5.74, 6) is 0. The molecule has 3 rings (SSSR count). The molecule has 0 radical (unpaired) electrons. The van der Waals surface area contributed by atoms with E-state index in [0.29, 0.717) is 0 Å². The molecule has 0 aliphatic carbocycles. The third kappa shape index (κ3) is 4.90. The third-order valence-electron chi connectivity index (χ3n) is 3.05. The second-order valence-electron chi connectivity index (χ2n) is 4.81. The van der Waals surface area contributed by atoms with Crippen LogP contribution in [0.4, 0.5) is 17.1 Å². The number of aliphatic imine (C=N–C) groups is 1. The van der Waals surface area contributed by atoms with E-state index in [1.165, 1.54) is 11.9 Å². The molecule has 0 bridgehead atoms. The zero-order valence-corrected chi connectivity index (χ0v) is 13.3. The summed E-state index contributed by atoms with van der Waals surface area (Å²) >= 11 is 1.45. The fourth-order valence-corrected chi connectivity index (χ4v) is 2.63. The van der Waals surface area contributed by atoms with Crippen molar-refractivity contribution < 1.29 is 0 Å². The Labute approximate surface area is 140 Å². The van der Waals surface area contributed by atoms with Crippen LogP contribution in [0.5, 0.6) is 0 Å². The summed E-state index contributed by atoms with van der Waals surface area (Å²) in [4.78, 5) is 4.67. The van der Waals surface area contributed by atoms with Crippen LogP contribution in [-0.2, 0) is 0 Å². The second-order valence-corrected chi connectivity index (χ2v) is 5.61. The molecule has 0 spiro atoms. The summed E-state index contributed by atoms with van der Waals surface area (Å²) in [7, 11) is 0. The average Bonchev–Trinajstić information content (AvgIpc) is 2.62. The number of hydrogen-bond acceptors (Lipinski definition) is 3. The van der Waals surface area contributed by atoms with Gasteiger partial charge in [-0.05, 0) is 36.4 Å². The molecule has 0 heterocycles. The Morgan fingerprint density at radius 3 is 1.78 bits per heavy atom. The van der Waals surface area contributed by atoms with Gasteiger partial charge in [0.25, 0.3) is 0 Å². The van der Waals surface area contributed by atoms with E-state index < -0.39 is 0 Å². The van der Waals surface area contributed by atoms with Crippen LogP contribution in [0, 0.1) is 0 Å². The van der Waals surface area contributed by atoms with Gasteiger partial charge < -0.3 is 10.0 Å². The van der Waals surface area contributed by atoms with Gasteiger partial charge in [0, 0.05) is 23.3 Å². The van der Waals surface area contributed by atoms with Crippen LogP contribution in [0.25, 0.3) is 0 Å². The first kappa shape index (κ1) is 15.2. The van der Waals surface area contributed by atoms with E-state index in [9.17, 15) is 0 Å². The lowest BCUT2D eigenvalue weighted by molar-refractivity contribution is 1.51. The van der Waals surface area contributed by atoms with Crippen LogP contribution in [0.3, 0.4) is 0 Å². The van der Waals surface area contributed by atoms with Crippen molar-refractivity contribution >= 4 is 34.2 Å². The molecular weight excluding hydrogens is 302 g/mol. The Morgan fingerprint density at radius 2 is 1.17 bits per heavy atom. The van der Waals surface area contributed by atoms with Crippen molar-refractivity contribution in [2.45, 2.75) is 0 Å². The van der Waals surface area contributed by atoms with Crippen molar-refractivity contribution in [3.05, 3.63) is 91.0 Å². The lowest BCUT2D eigenvalue weighted by Crippen LogP contribution is -2.10.